The van der Waals surface area contributed by atoms with Crippen LogP contribution in [0.1, 0.15) is 11.5 Å². The number of carbonyl (C=O) groups excluding carboxylic acids is 1. The Morgan fingerprint density at radius 1 is 1.50 bits per heavy atom. The number of rotatable bonds is 4. The summed E-state index contributed by atoms with van der Waals surface area (Å²) in [6.07, 6.45) is 1.51. The lowest BCUT2D eigenvalue weighted by Gasteiger charge is -2.06. The quantitative estimate of drug-likeness (QED) is 0.898. The molecule has 0 aliphatic rings. The van der Waals surface area contributed by atoms with E-state index in [1.807, 2.05) is 12.1 Å². The van der Waals surface area contributed by atoms with Crippen molar-refractivity contribution in [2.75, 3.05) is 12.4 Å². The Hall–Kier alpha value is -2.30. The van der Waals surface area contributed by atoms with Crippen molar-refractivity contribution in [1.82, 2.24) is 4.98 Å². The number of ether oxygens (including phenoxy) is 1. The molecule has 0 unspecified atom stereocenters. The highest BCUT2D eigenvalue weighted by molar-refractivity contribution is 5.92. The summed E-state index contributed by atoms with van der Waals surface area (Å²) in [5, 5.41) is 2.78. The third kappa shape index (κ3) is 2.88. The van der Waals surface area contributed by atoms with Gasteiger partial charge >= 0.3 is 0 Å². The summed E-state index contributed by atoms with van der Waals surface area (Å²) in [6.45, 7) is 1.80. The largest absolute Gasteiger partial charge is 0.497 e. The number of nitrogens with one attached hydrogen (secondary N) is 1. The predicted molar refractivity (Wildman–Crippen MR) is 66.6 cm³/mol. The topological polar surface area (TPSA) is 64.4 Å². The monoisotopic (exact) mass is 246 g/mol. The number of aromatic nitrogens is 1. The Morgan fingerprint density at radius 3 is 3.00 bits per heavy atom. The minimum atomic E-state index is -0.150. The minimum absolute atomic E-state index is 0.150. The fourth-order valence-corrected chi connectivity index (χ4v) is 1.55. The molecule has 0 aliphatic carbocycles. The van der Waals surface area contributed by atoms with Gasteiger partial charge in [0.05, 0.1) is 19.2 Å². The molecule has 1 amide bonds. The van der Waals surface area contributed by atoms with Crippen molar-refractivity contribution in [3.63, 3.8) is 0 Å². The molecule has 5 nitrogen and oxygen atoms in total. The standard InChI is InChI=1S/C13H14N2O3/c1-9-12(18-8-14-9)7-13(16)15-10-4-3-5-11(6-10)17-2/h3-6,8H,7H2,1-2H3,(H,15,16). The van der Waals surface area contributed by atoms with Gasteiger partial charge in [0, 0.05) is 11.8 Å². The fraction of sp³-hybridized carbons (Fsp3) is 0.231. The molecule has 0 atom stereocenters. The smallest absolute Gasteiger partial charge is 0.232 e. The molecule has 0 radical (unpaired) electrons. The molecule has 0 spiro atoms. The molecule has 1 N–H and O–H groups in total. The Bertz CT molecular complexity index is 549. The van der Waals surface area contributed by atoms with Crippen LogP contribution in [0.15, 0.2) is 35.1 Å². The molecule has 2 rings (SSSR count). The summed E-state index contributed by atoms with van der Waals surface area (Å²) >= 11 is 0. The van der Waals surface area contributed by atoms with Crippen LogP contribution in [-0.2, 0) is 11.2 Å². The Balaban J connectivity index is 2.01. The van der Waals surface area contributed by atoms with Gasteiger partial charge in [-0.2, -0.15) is 0 Å². The van der Waals surface area contributed by atoms with Crippen molar-refractivity contribution in [3.8, 4) is 5.75 Å². The van der Waals surface area contributed by atoms with Gasteiger partial charge in [0.2, 0.25) is 5.91 Å². The maximum Gasteiger partial charge on any atom is 0.232 e. The van der Waals surface area contributed by atoms with E-state index in [2.05, 4.69) is 10.3 Å². The molecule has 5 heteroatoms. The predicted octanol–water partition coefficient (Wildman–Crippen LogP) is 2.17. The molecule has 0 saturated carbocycles. The van der Waals surface area contributed by atoms with Gasteiger partial charge in [-0.15, -0.1) is 0 Å². The highest BCUT2D eigenvalue weighted by Crippen LogP contribution is 2.17. The molecule has 1 aromatic carbocycles. The van der Waals surface area contributed by atoms with Crippen LogP contribution in [0.3, 0.4) is 0 Å². The number of aryl methyl sites for hydroxylation is 1. The second kappa shape index (κ2) is 5.35. The molecular weight excluding hydrogens is 232 g/mol. The van der Waals surface area contributed by atoms with E-state index in [1.165, 1.54) is 6.39 Å². The minimum Gasteiger partial charge on any atom is -0.497 e. The lowest BCUT2D eigenvalue weighted by atomic mass is 10.2. The van der Waals surface area contributed by atoms with Crippen molar-refractivity contribution in [2.45, 2.75) is 13.3 Å². The fourth-order valence-electron chi connectivity index (χ4n) is 1.55. The number of anilines is 1. The van der Waals surface area contributed by atoms with Crippen LogP contribution in [0.2, 0.25) is 0 Å². The van der Waals surface area contributed by atoms with Gasteiger partial charge in [-0.05, 0) is 19.1 Å². The molecular formula is C13H14N2O3. The van der Waals surface area contributed by atoms with Crippen molar-refractivity contribution in [2.24, 2.45) is 0 Å². The molecule has 94 valence electrons. The number of hydrogen-bond acceptors (Lipinski definition) is 4. The number of benzene rings is 1. The Kier molecular flexibility index (Phi) is 3.62. The maximum absolute atomic E-state index is 11.8. The number of amides is 1. The van der Waals surface area contributed by atoms with Crippen molar-refractivity contribution in [1.29, 1.82) is 0 Å². The third-order valence-electron chi connectivity index (χ3n) is 2.52. The van der Waals surface area contributed by atoms with E-state index in [0.29, 0.717) is 17.2 Å². The van der Waals surface area contributed by atoms with Crippen molar-refractivity contribution in [3.05, 3.63) is 42.1 Å². The first kappa shape index (κ1) is 12.2. The first-order valence-electron chi connectivity index (χ1n) is 5.52. The van der Waals surface area contributed by atoms with Gasteiger partial charge < -0.3 is 14.5 Å². The molecule has 2 aromatic rings. The molecule has 18 heavy (non-hydrogen) atoms. The second-order valence-corrected chi connectivity index (χ2v) is 3.82. The number of carbonyl (C=O) groups is 1. The van der Waals surface area contributed by atoms with Crippen LogP contribution >= 0.6 is 0 Å². The van der Waals surface area contributed by atoms with E-state index in [0.717, 1.165) is 5.69 Å². The van der Waals surface area contributed by atoms with Gasteiger partial charge in [0.15, 0.2) is 6.39 Å². The first-order chi connectivity index (χ1) is 8.69. The van der Waals surface area contributed by atoms with E-state index < -0.39 is 0 Å². The summed E-state index contributed by atoms with van der Waals surface area (Å²) in [7, 11) is 1.58. The van der Waals surface area contributed by atoms with Crippen LogP contribution < -0.4 is 10.1 Å². The van der Waals surface area contributed by atoms with Gasteiger partial charge in [0.1, 0.15) is 11.5 Å². The van der Waals surface area contributed by atoms with Gasteiger partial charge in [-0.3, -0.25) is 4.79 Å². The Labute approximate surface area is 105 Å². The van der Waals surface area contributed by atoms with Crippen molar-refractivity contribution < 1.29 is 13.9 Å². The summed E-state index contributed by atoms with van der Waals surface area (Å²) < 4.78 is 10.2. The third-order valence-corrected chi connectivity index (χ3v) is 2.52. The number of methoxy groups -OCH3 is 1. The Morgan fingerprint density at radius 2 is 2.33 bits per heavy atom. The lowest BCUT2D eigenvalue weighted by molar-refractivity contribution is -0.115. The van der Waals surface area contributed by atoms with Crippen LogP contribution in [0, 0.1) is 6.92 Å². The van der Waals surface area contributed by atoms with E-state index >= 15 is 0 Å². The molecule has 1 heterocycles. The lowest BCUT2D eigenvalue weighted by Crippen LogP contribution is -2.14. The first-order valence-corrected chi connectivity index (χ1v) is 5.52. The molecule has 0 saturated heterocycles. The molecule has 0 fully saturated rings. The zero-order valence-corrected chi connectivity index (χ0v) is 10.3. The van der Waals surface area contributed by atoms with E-state index in [4.69, 9.17) is 9.15 Å². The summed E-state index contributed by atoms with van der Waals surface area (Å²) in [4.78, 5) is 15.7. The highest BCUT2D eigenvalue weighted by Gasteiger charge is 2.10. The number of oxazole rings is 1. The van der Waals surface area contributed by atoms with E-state index in [9.17, 15) is 4.79 Å². The zero-order chi connectivity index (χ0) is 13.0. The van der Waals surface area contributed by atoms with Gasteiger partial charge in [-0.1, -0.05) is 6.07 Å². The molecule has 1 aromatic heterocycles. The van der Waals surface area contributed by atoms with E-state index in [1.54, 1.807) is 26.2 Å². The van der Waals surface area contributed by atoms with E-state index in [-0.39, 0.29) is 12.3 Å². The SMILES string of the molecule is COc1cccc(NC(=O)Cc2ocnc2C)c1. The summed E-state index contributed by atoms with van der Waals surface area (Å²) in [6, 6.07) is 7.18. The van der Waals surface area contributed by atoms with Gasteiger partial charge in [0.25, 0.3) is 0 Å². The summed E-state index contributed by atoms with van der Waals surface area (Å²) in [5.74, 6) is 1.13. The highest BCUT2D eigenvalue weighted by atomic mass is 16.5. The normalized spacial score (nSPS) is 10.1. The molecule has 0 bridgehead atoms. The average Bonchev–Trinajstić information content (AvgIpc) is 2.75. The number of nitrogens with zero attached hydrogens (tertiary/aromatic N) is 1. The second-order valence-electron chi connectivity index (χ2n) is 3.82. The van der Waals surface area contributed by atoms with Crippen LogP contribution in [-0.4, -0.2) is 18.0 Å². The molecule has 0 aliphatic heterocycles. The van der Waals surface area contributed by atoms with Crippen LogP contribution in [0.4, 0.5) is 5.69 Å². The zero-order valence-electron chi connectivity index (χ0n) is 10.3. The average molecular weight is 246 g/mol. The maximum atomic E-state index is 11.8. The van der Waals surface area contributed by atoms with Crippen molar-refractivity contribution >= 4 is 11.6 Å². The van der Waals surface area contributed by atoms with Crippen LogP contribution in [0.25, 0.3) is 0 Å². The van der Waals surface area contributed by atoms with Gasteiger partial charge in [-0.25, -0.2) is 4.98 Å². The summed E-state index contributed by atoms with van der Waals surface area (Å²) in [5.41, 5.74) is 1.42. The number of hydrogen-bond donors (Lipinski definition) is 1. The van der Waals surface area contributed by atoms with Crippen LogP contribution in [0.5, 0.6) is 5.75 Å².